The van der Waals surface area contributed by atoms with Crippen LogP contribution in [0.3, 0.4) is 0 Å². The molecule has 0 N–H and O–H groups in total. The van der Waals surface area contributed by atoms with Gasteiger partial charge in [-0.3, -0.25) is 14.2 Å². The fourth-order valence-electron chi connectivity index (χ4n) is 4.31. The second kappa shape index (κ2) is 11.4. The minimum absolute atomic E-state index is 0.0874. The Morgan fingerprint density at radius 2 is 1.77 bits per heavy atom. The zero-order valence-corrected chi connectivity index (χ0v) is 21.2. The number of para-hydroxylation sites is 1. The van der Waals surface area contributed by atoms with E-state index in [0.29, 0.717) is 45.4 Å². The number of hydrogen-bond donors (Lipinski definition) is 0. The highest BCUT2D eigenvalue weighted by Gasteiger charge is 2.18. The van der Waals surface area contributed by atoms with Crippen LogP contribution in [0.25, 0.3) is 10.9 Å². The quantitative estimate of drug-likeness (QED) is 0.164. The number of carbonyl (C=O) groups excluding carboxylic acids is 1. The molecular weight excluding hydrogens is 464 g/mol. The zero-order chi connectivity index (χ0) is 24.8. The van der Waals surface area contributed by atoms with E-state index >= 15 is 0 Å². The van der Waals surface area contributed by atoms with E-state index in [2.05, 4.69) is 6.08 Å². The highest BCUT2D eigenvalue weighted by atomic mass is 32.2. The Bertz CT molecular complexity index is 1310. The number of methoxy groups -OCH3 is 3. The van der Waals surface area contributed by atoms with Gasteiger partial charge in [0, 0.05) is 12.6 Å². The molecule has 1 aliphatic rings. The summed E-state index contributed by atoms with van der Waals surface area (Å²) in [6, 6.07) is 10.5. The predicted octanol–water partition coefficient (Wildman–Crippen LogP) is 5.29. The maximum absolute atomic E-state index is 13.6. The van der Waals surface area contributed by atoms with Crippen LogP contribution < -0.4 is 19.8 Å². The Balaban J connectivity index is 1.70. The minimum Gasteiger partial charge on any atom is -0.496 e. The van der Waals surface area contributed by atoms with Crippen LogP contribution in [-0.2, 0) is 6.54 Å². The maximum Gasteiger partial charge on any atom is 0.262 e. The monoisotopic (exact) mass is 494 g/mol. The topological polar surface area (TPSA) is 79.7 Å². The van der Waals surface area contributed by atoms with Crippen LogP contribution in [0.2, 0.25) is 0 Å². The molecule has 184 valence electrons. The summed E-state index contributed by atoms with van der Waals surface area (Å²) in [6.07, 6.45) is 7.63. The molecule has 0 saturated carbocycles. The highest BCUT2D eigenvalue weighted by Crippen LogP contribution is 2.32. The standard InChI is InChI=1S/C27H30N2O5S/c1-32-23-12-8-7-11-19(23)22(30)17-35-27-28-21-16-25(34-3)24(33-2)15-20(21)26(31)29(27)14-13-18-9-5-4-6-10-18/h7-9,11-12,15-16H,4-6,10,13-14,17H2,1-3H3. The zero-order valence-electron chi connectivity index (χ0n) is 20.3. The number of nitrogens with zero attached hydrogens (tertiary/aromatic N) is 2. The van der Waals surface area contributed by atoms with E-state index in [4.69, 9.17) is 19.2 Å². The molecule has 0 radical (unpaired) electrons. The Morgan fingerprint density at radius 1 is 1.03 bits per heavy atom. The van der Waals surface area contributed by atoms with Crippen molar-refractivity contribution in [3.63, 3.8) is 0 Å². The number of rotatable bonds is 10. The SMILES string of the molecule is COc1cc2nc(SCC(=O)c3ccccc3OC)n(CCC3=CCCCC3)c(=O)c2cc1OC. The first-order valence-corrected chi connectivity index (χ1v) is 12.7. The average Bonchev–Trinajstić information content (AvgIpc) is 2.91. The number of allylic oxidation sites excluding steroid dienone is 2. The number of ketones is 1. The lowest BCUT2D eigenvalue weighted by Crippen LogP contribution is -2.24. The van der Waals surface area contributed by atoms with Gasteiger partial charge in [0.2, 0.25) is 0 Å². The van der Waals surface area contributed by atoms with Crippen molar-refractivity contribution in [2.24, 2.45) is 0 Å². The van der Waals surface area contributed by atoms with Crippen LogP contribution >= 0.6 is 11.8 Å². The molecule has 0 unspecified atom stereocenters. The van der Waals surface area contributed by atoms with Crippen LogP contribution in [0, 0.1) is 0 Å². The van der Waals surface area contributed by atoms with Gasteiger partial charge < -0.3 is 14.2 Å². The Labute approximate surface area is 209 Å². The van der Waals surface area contributed by atoms with Gasteiger partial charge in [-0.1, -0.05) is 35.5 Å². The number of aromatic nitrogens is 2. The van der Waals surface area contributed by atoms with E-state index < -0.39 is 0 Å². The van der Waals surface area contributed by atoms with E-state index in [1.807, 2.05) is 12.1 Å². The molecule has 0 fully saturated rings. The number of Topliss-reactive ketones (excluding diaryl/α,β-unsaturated/α-hetero) is 1. The Morgan fingerprint density at radius 3 is 2.49 bits per heavy atom. The van der Waals surface area contributed by atoms with Crippen molar-refractivity contribution < 1.29 is 19.0 Å². The highest BCUT2D eigenvalue weighted by molar-refractivity contribution is 7.99. The van der Waals surface area contributed by atoms with Crippen molar-refractivity contribution in [1.82, 2.24) is 9.55 Å². The van der Waals surface area contributed by atoms with E-state index in [9.17, 15) is 9.59 Å². The predicted molar refractivity (Wildman–Crippen MR) is 138 cm³/mol. The summed E-state index contributed by atoms with van der Waals surface area (Å²) in [4.78, 5) is 31.4. The minimum atomic E-state index is -0.153. The van der Waals surface area contributed by atoms with Gasteiger partial charge in [0.15, 0.2) is 22.4 Å². The lowest BCUT2D eigenvalue weighted by atomic mass is 9.97. The molecule has 1 aliphatic carbocycles. The first kappa shape index (κ1) is 24.9. The molecule has 1 heterocycles. The molecule has 3 aromatic rings. The Kier molecular flexibility index (Phi) is 8.13. The van der Waals surface area contributed by atoms with E-state index in [1.54, 1.807) is 50.2 Å². The van der Waals surface area contributed by atoms with Crippen LogP contribution in [0.1, 0.15) is 42.5 Å². The largest absolute Gasteiger partial charge is 0.496 e. The van der Waals surface area contributed by atoms with Crippen LogP contribution in [0.15, 0.2) is 58.0 Å². The van der Waals surface area contributed by atoms with Gasteiger partial charge in [-0.25, -0.2) is 4.98 Å². The number of hydrogen-bond acceptors (Lipinski definition) is 7. The summed E-state index contributed by atoms with van der Waals surface area (Å²) in [7, 11) is 4.63. The second-order valence-corrected chi connectivity index (χ2v) is 9.29. The summed E-state index contributed by atoms with van der Waals surface area (Å²) in [5, 5.41) is 0.968. The van der Waals surface area contributed by atoms with Crippen molar-refractivity contribution >= 4 is 28.4 Å². The number of thioether (sulfide) groups is 1. The van der Waals surface area contributed by atoms with Crippen molar-refractivity contribution in [2.45, 2.75) is 43.8 Å². The third-order valence-electron chi connectivity index (χ3n) is 6.21. The van der Waals surface area contributed by atoms with Crippen LogP contribution in [0.5, 0.6) is 17.2 Å². The third-order valence-corrected chi connectivity index (χ3v) is 7.18. The molecule has 2 aromatic carbocycles. The van der Waals surface area contributed by atoms with Gasteiger partial charge in [0.1, 0.15) is 5.75 Å². The molecule has 0 amide bonds. The number of ether oxygens (including phenoxy) is 3. The Hall–Kier alpha value is -3.26. The molecule has 7 nitrogen and oxygen atoms in total. The summed E-state index contributed by atoms with van der Waals surface area (Å²) >= 11 is 1.26. The second-order valence-electron chi connectivity index (χ2n) is 8.35. The number of carbonyl (C=O) groups is 1. The molecule has 0 atom stereocenters. The van der Waals surface area contributed by atoms with Crippen molar-refractivity contribution in [2.75, 3.05) is 27.1 Å². The maximum atomic E-state index is 13.6. The van der Waals surface area contributed by atoms with Crippen molar-refractivity contribution in [3.8, 4) is 17.2 Å². The van der Waals surface area contributed by atoms with Crippen molar-refractivity contribution in [1.29, 1.82) is 0 Å². The number of benzene rings is 2. The van der Waals surface area contributed by atoms with Gasteiger partial charge in [-0.05, 0) is 50.3 Å². The first-order valence-electron chi connectivity index (χ1n) is 11.7. The van der Waals surface area contributed by atoms with Crippen molar-refractivity contribution in [3.05, 3.63) is 64.0 Å². The van der Waals surface area contributed by atoms with E-state index in [1.165, 1.54) is 30.2 Å². The smallest absolute Gasteiger partial charge is 0.262 e. The van der Waals surface area contributed by atoms with Gasteiger partial charge >= 0.3 is 0 Å². The number of fused-ring (bicyclic) bond motifs is 1. The van der Waals surface area contributed by atoms with Gasteiger partial charge in [0.05, 0.1) is 43.5 Å². The fourth-order valence-corrected chi connectivity index (χ4v) is 5.21. The molecule has 4 rings (SSSR count). The summed E-state index contributed by atoms with van der Waals surface area (Å²) in [6.45, 7) is 0.507. The summed E-state index contributed by atoms with van der Waals surface area (Å²) in [5.41, 5.74) is 2.24. The first-order chi connectivity index (χ1) is 17.0. The molecule has 0 saturated heterocycles. The van der Waals surface area contributed by atoms with Crippen LogP contribution in [-0.4, -0.2) is 42.4 Å². The molecule has 35 heavy (non-hydrogen) atoms. The van der Waals surface area contributed by atoms with E-state index in [0.717, 1.165) is 19.3 Å². The summed E-state index contributed by atoms with van der Waals surface area (Å²) < 4.78 is 17.8. The van der Waals surface area contributed by atoms with E-state index in [-0.39, 0.29) is 17.1 Å². The van der Waals surface area contributed by atoms with Gasteiger partial charge in [0.25, 0.3) is 5.56 Å². The molecular formula is C27H30N2O5S. The third kappa shape index (κ3) is 5.53. The lowest BCUT2D eigenvalue weighted by molar-refractivity contribution is 0.101. The molecule has 0 aliphatic heterocycles. The fraction of sp³-hybridized carbons (Fsp3) is 0.370. The molecule has 8 heteroatoms. The normalized spacial score (nSPS) is 13.4. The van der Waals surface area contributed by atoms with Crippen LogP contribution in [0.4, 0.5) is 0 Å². The summed E-state index contributed by atoms with van der Waals surface area (Å²) in [5.74, 6) is 1.55. The average molecular weight is 495 g/mol. The lowest BCUT2D eigenvalue weighted by Gasteiger charge is -2.17. The van der Waals surface area contributed by atoms with Gasteiger partial charge in [-0.2, -0.15) is 0 Å². The molecule has 0 bridgehead atoms. The molecule has 1 aromatic heterocycles. The molecule has 0 spiro atoms. The van der Waals surface area contributed by atoms with Gasteiger partial charge in [-0.15, -0.1) is 0 Å².